The highest BCUT2D eigenvalue weighted by Crippen LogP contribution is 2.19. The molecule has 1 aromatic heterocycles. The second kappa shape index (κ2) is 7.23. The standard InChI is InChI=1S/C12H13BrClN5O2S/c13-10-7-17-12(14)19-11(10)16-4-5-18-22(20,21)9-3-1-2-8(15)6-9/h1-3,6-7,18H,4-5,15H2,(H,16,17,19). The average molecular weight is 407 g/mol. The molecule has 0 radical (unpaired) electrons. The Balaban J connectivity index is 1.92. The molecule has 0 saturated carbocycles. The summed E-state index contributed by atoms with van der Waals surface area (Å²) in [5, 5.41) is 3.06. The van der Waals surface area contributed by atoms with Crippen LogP contribution in [0.1, 0.15) is 0 Å². The molecular formula is C12H13BrClN5O2S. The quantitative estimate of drug-likeness (QED) is 0.384. The van der Waals surface area contributed by atoms with Crippen LogP contribution in [0.2, 0.25) is 5.28 Å². The maximum absolute atomic E-state index is 12.1. The monoisotopic (exact) mass is 405 g/mol. The van der Waals surface area contributed by atoms with Gasteiger partial charge in [-0.3, -0.25) is 0 Å². The third-order valence-electron chi connectivity index (χ3n) is 2.59. The predicted molar refractivity (Wildman–Crippen MR) is 89.3 cm³/mol. The van der Waals surface area contributed by atoms with Gasteiger partial charge in [0.05, 0.1) is 9.37 Å². The number of sulfonamides is 1. The van der Waals surface area contributed by atoms with E-state index in [1.54, 1.807) is 12.1 Å². The minimum Gasteiger partial charge on any atom is -0.399 e. The number of benzene rings is 1. The summed E-state index contributed by atoms with van der Waals surface area (Å²) in [5.74, 6) is 0.489. The zero-order valence-electron chi connectivity index (χ0n) is 11.3. The van der Waals surface area contributed by atoms with Crippen LogP contribution in [0.25, 0.3) is 0 Å². The van der Waals surface area contributed by atoms with Crippen molar-refractivity contribution in [3.63, 3.8) is 0 Å². The van der Waals surface area contributed by atoms with Crippen LogP contribution in [0.4, 0.5) is 11.5 Å². The summed E-state index contributed by atoms with van der Waals surface area (Å²) in [6, 6.07) is 6.09. The first-order valence-electron chi connectivity index (χ1n) is 6.15. The van der Waals surface area contributed by atoms with Gasteiger partial charge in [-0.1, -0.05) is 6.07 Å². The van der Waals surface area contributed by atoms with Gasteiger partial charge in [-0.05, 0) is 45.7 Å². The number of nitrogen functional groups attached to an aromatic ring is 1. The summed E-state index contributed by atoms with van der Waals surface area (Å²) in [7, 11) is -3.60. The molecule has 0 aliphatic heterocycles. The molecule has 22 heavy (non-hydrogen) atoms. The first-order valence-corrected chi connectivity index (χ1v) is 8.81. The molecule has 2 rings (SSSR count). The van der Waals surface area contributed by atoms with Crippen molar-refractivity contribution in [2.75, 3.05) is 24.1 Å². The molecule has 10 heteroatoms. The van der Waals surface area contributed by atoms with Crippen molar-refractivity contribution in [2.45, 2.75) is 4.90 Å². The number of nitrogens with zero attached hydrogens (tertiary/aromatic N) is 2. The molecule has 4 N–H and O–H groups in total. The first kappa shape index (κ1) is 16.9. The summed E-state index contributed by atoms with van der Waals surface area (Å²) in [4.78, 5) is 7.90. The van der Waals surface area contributed by atoms with Gasteiger partial charge in [0, 0.05) is 25.0 Å². The Morgan fingerprint density at radius 1 is 1.32 bits per heavy atom. The molecule has 0 unspecified atom stereocenters. The summed E-state index contributed by atoms with van der Waals surface area (Å²) in [5.41, 5.74) is 5.97. The molecule has 1 aromatic carbocycles. The van der Waals surface area contributed by atoms with Gasteiger partial charge in [0.2, 0.25) is 15.3 Å². The van der Waals surface area contributed by atoms with E-state index >= 15 is 0 Å². The fourth-order valence-electron chi connectivity index (χ4n) is 1.60. The fraction of sp³-hybridized carbons (Fsp3) is 0.167. The Morgan fingerprint density at radius 3 is 2.82 bits per heavy atom. The van der Waals surface area contributed by atoms with Crippen LogP contribution in [0.15, 0.2) is 39.8 Å². The van der Waals surface area contributed by atoms with Crippen molar-refractivity contribution < 1.29 is 8.42 Å². The predicted octanol–water partition coefficient (Wildman–Crippen LogP) is 1.87. The van der Waals surface area contributed by atoms with Gasteiger partial charge < -0.3 is 11.1 Å². The van der Waals surface area contributed by atoms with E-state index in [-0.39, 0.29) is 16.7 Å². The molecule has 0 saturated heterocycles. The Kier molecular flexibility index (Phi) is 5.57. The summed E-state index contributed by atoms with van der Waals surface area (Å²) >= 11 is 8.96. The number of hydrogen-bond acceptors (Lipinski definition) is 6. The van der Waals surface area contributed by atoms with Crippen molar-refractivity contribution in [2.24, 2.45) is 0 Å². The zero-order valence-corrected chi connectivity index (χ0v) is 14.4. The average Bonchev–Trinajstić information content (AvgIpc) is 2.47. The van der Waals surface area contributed by atoms with Gasteiger partial charge in [0.25, 0.3) is 0 Å². The van der Waals surface area contributed by atoms with Gasteiger partial charge in [-0.2, -0.15) is 4.98 Å². The molecule has 0 atom stereocenters. The highest BCUT2D eigenvalue weighted by Gasteiger charge is 2.13. The molecular weight excluding hydrogens is 394 g/mol. The highest BCUT2D eigenvalue weighted by atomic mass is 79.9. The molecule has 0 amide bonds. The molecule has 0 aliphatic carbocycles. The van der Waals surface area contributed by atoms with Crippen LogP contribution in [0.3, 0.4) is 0 Å². The lowest BCUT2D eigenvalue weighted by atomic mass is 10.3. The maximum Gasteiger partial charge on any atom is 0.240 e. The number of anilines is 2. The van der Waals surface area contributed by atoms with Crippen molar-refractivity contribution in [3.8, 4) is 0 Å². The SMILES string of the molecule is Nc1cccc(S(=O)(=O)NCCNc2nc(Cl)ncc2Br)c1. The van der Waals surface area contributed by atoms with Crippen molar-refractivity contribution in [1.29, 1.82) is 0 Å². The number of nitrogens with one attached hydrogen (secondary N) is 2. The third kappa shape index (κ3) is 4.54. The van der Waals surface area contributed by atoms with E-state index in [4.69, 9.17) is 17.3 Å². The molecule has 118 valence electrons. The minimum absolute atomic E-state index is 0.103. The smallest absolute Gasteiger partial charge is 0.240 e. The van der Waals surface area contributed by atoms with E-state index in [0.717, 1.165) is 0 Å². The van der Waals surface area contributed by atoms with Crippen LogP contribution in [0.5, 0.6) is 0 Å². The number of aromatic nitrogens is 2. The summed E-state index contributed by atoms with van der Waals surface area (Å²) in [6.07, 6.45) is 1.51. The molecule has 2 aromatic rings. The van der Waals surface area contributed by atoms with Crippen LogP contribution in [0, 0.1) is 0 Å². The molecule has 0 spiro atoms. The number of rotatable bonds is 6. The molecule has 0 aliphatic rings. The van der Waals surface area contributed by atoms with Crippen molar-refractivity contribution in [1.82, 2.24) is 14.7 Å². The molecule has 7 nitrogen and oxygen atoms in total. The first-order chi connectivity index (χ1) is 10.4. The van der Waals surface area contributed by atoms with Crippen LogP contribution in [-0.2, 0) is 10.0 Å². The third-order valence-corrected chi connectivity index (χ3v) is 4.81. The second-order valence-electron chi connectivity index (χ2n) is 4.23. The minimum atomic E-state index is -3.60. The Hall–Kier alpha value is -1.42. The van der Waals surface area contributed by atoms with Gasteiger partial charge in [0.1, 0.15) is 5.82 Å². The van der Waals surface area contributed by atoms with Crippen molar-refractivity contribution in [3.05, 3.63) is 40.2 Å². The summed E-state index contributed by atoms with van der Waals surface area (Å²) in [6.45, 7) is 0.499. The van der Waals surface area contributed by atoms with Crippen LogP contribution >= 0.6 is 27.5 Å². The van der Waals surface area contributed by atoms with E-state index in [2.05, 4.69) is 35.9 Å². The number of hydrogen-bond donors (Lipinski definition) is 3. The maximum atomic E-state index is 12.1. The number of nitrogens with two attached hydrogens (primary N) is 1. The van der Waals surface area contributed by atoms with Crippen LogP contribution < -0.4 is 15.8 Å². The van der Waals surface area contributed by atoms with Crippen LogP contribution in [-0.4, -0.2) is 31.5 Å². The zero-order chi connectivity index (χ0) is 16.2. The topological polar surface area (TPSA) is 110 Å². The van der Waals surface area contributed by atoms with E-state index in [9.17, 15) is 8.42 Å². The van der Waals surface area contributed by atoms with Gasteiger partial charge in [-0.25, -0.2) is 18.1 Å². The fourth-order valence-corrected chi connectivity index (χ4v) is 3.15. The Morgan fingerprint density at radius 2 is 2.09 bits per heavy atom. The Labute approximate surface area is 141 Å². The van der Waals surface area contributed by atoms with E-state index in [0.29, 0.717) is 22.5 Å². The van der Waals surface area contributed by atoms with Crippen molar-refractivity contribution >= 4 is 49.1 Å². The van der Waals surface area contributed by atoms with Gasteiger partial charge in [0.15, 0.2) is 0 Å². The largest absolute Gasteiger partial charge is 0.399 e. The lowest BCUT2D eigenvalue weighted by Gasteiger charge is -2.09. The molecule has 1 heterocycles. The van der Waals surface area contributed by atoms with Gasteiger partial charge >= 0.3 is 0 Å². The Bertz CT molecular complexity index is 772. The molecule has 0 fully saturated rings. The highest BCUT2D eigenvalue weighted by molar-refractivity contribution is 9.10. The summed E-state index contributed by atoms with van der Waals surface area (Å²) < 4.78 is 27.2. The normalized spacial score (nSPS) is 11.4. The van der Waals surface area contributed by atoms with E-state index in [1.807, 2.05) is 0 Å². The van der Waals surface area contributed by atoms with E-state index < -0.39 is 10.0 Å². The van der Waals surface area contributed by atoms with E-state index in [1.165, 1.54) is 18.3 Å². The second-order valence-corrected chi connectivity index (χ2v) is 7.19. The van der Waals surface area contributed by atoms with Gasteiger partial charge in [-0.15, -0.1) is 0 Å². The lowest BCUT2D eigenvalue weighted by molar-refractivity contribution is 0.583. The lowest BCUT2D eigenvalue weighted by Crippen LogP contribution is -2.29. The molecule has 0 bridgehead atoms. The number of halogens is 2.